The highest BCUT2D eigenvalue weighted by atomic mass is 16.5. The van der Waals surface area contributed by atoms with Gasteiger partial charge >= 0.3 is 0 Å². The maximum Gasteiger partial charge on any atom is 0.247 e. The molecule has 2 aromatic heterocycles. The monoisotopic (exact) mass is 455 g/mol. The zero-order chi connectivity index (χ0) is 23.6. The molecule has 4 rings (SSSR count). The molecule has 0 bridgehead atoms. The number of aromatic nitrogens is 3. The third-order valence-corrected chi connectivity index (χ3v) is 5.41. The van der Waals surface area contributed by atoms with E-state index in [0.29, 0.717) is 31.3 Å². The average molecular weight is 456 g/mol. The van der Waals surface area contributed by atoms with Crippen molar-refractivity contribution in [1.82, 2.24) is 20.1 Å². The lowest BCUT2D eigenvalue weighted by Crippen LogP contribution is -2.34. The van der Waals surface area contributed by atoms with Crippen molar-refractivity contribution >= 4 is 11.7 Å². The Morgan fingerprint density at radius 3 is 2.56 bits per heavy atom. The molecule has 2 aromatic carbocycles. The van der Waals surface area contributed by atoms with Crippen LogP contribution in [-0.2, 0) is 17.8 Å². The highest BCUT2D eigenvalue weighted by Crippen LogP contribution is 2.17. The zero-order valence-corrected chi connectivity index (χ0v) is 19.2. The first kappa shape index (κ1) is 23.2. The van der Waals surface area contributed by atoms with Gasteiger partial charge in [0, 0.05) is 18.9 Å². The summed E-state index contributed by atoms with van der Waals surface area (Å²) in [7, 11) is 0. The Hall–Kier alpha value is -3.97. The van der Waals surface area contributed by atoms with E-state index in [-0.39, 0.29) is 5.91 Å². The van der Waals surface area contributed by atoms with Crippen molar-refractivity contribution in [3.8, 4) is 5.75 Å². The van der Waals surface area contributed by atoms with Crippen molar-refractivity contribution in [3.63, 3.8) is 0 Å². The molecule has 174 valence electrons. The van der Waals surface area contributed by atoms with Gasteiger partial charge in [-0.2, -0.15) is 5.10 Å². The topological polar surface area (TPSA) is 81.1 Å². The second kappa shape index (κ2) is 11.8. The summed E-state index contributed by atoms with van der Waals surface area (Å²) in [6, 6.07) is 23.1. The van der Waals surface area contributed by atoms with Crippen LogP contribution in [0.2, 0.25) is 0 Å². The van der Waals surface area contributed by atoms with Gasteiger partial charge in [-0.3, -0.25) is 9.48 Å². The van der Waals surface area contributed by atoms with Gasteiger partial charge in [0.1, 0.15) is 24.2 Å². The van der Waals surface area contributed by atoms with Crippen molar-refractivity contribution in [3.05, 3.63) is 108 Å². The standard InChI is InChI=1S/C27H29N5O2/c1-21-8-10-22(11-9-21)14-16-28-26(23-6-3-2-4-7-23)27(33)31-25-13-12-24(20-29-25)34-19-18-32-17-5-15-30-32/h2-13,15,17,20,26,28H,14,16,18-19H2,1H3,(H,29,31,33)/t26-/m1/s1. The minimum absolute atomic E-state index is 0.157. The van der Waals surface area contributed by atoms with E-state index < -0.39 is 6.04 Å². The molecule has 7 heteroatoms. The van der Waals surface area contributed by atoms with Gasteiger partial charge in [-0.25, -0.2) is 4.98 Å². The van der Waals surface area contributed by atoms with Crippen molar-refractivity contribution in [2.24, 2.45) is 0 Å². The van der Waals surface area contributed by atoms with Gasteiger partial charge in [-0.05, 0) is 42.7 Å². The van der Waals surface area contributed by atoms with E-state index in [1.54, 1.807) is 29.2 Å². The number of carbonyl (C=O) groups is 1. The number of aryl methyl sites for hydroxylation is 1. The summed E-state index contributed by atoms with van der Waals surface area (Å²) in [4.78, 5) is 17.5. The molecular formula is C27H29N5O2. The molecule has 0 saturated heterocycles. The minimum Gasteiger partial charge on any atom is -0.490 e. The van der Waals surface area contributed by atoms with Crippen LogP contribution in [-0.4, -0.2) is 33.8 Å². The summed E-state index contributed by atoms with van der Waals surface area (Å²) >= 11 is 0. The number of pyridine rings is 1. The maximum atomic E-state index is 13.1. The quantitative estimate of drug-likeness (QED) is 0.355. The number of nitrogens with zero attached hydrogens (tertiary/aromatic N) is 3. The molecule has 1 amide bonds. The second-order valence-corrected chi connectivity index (χ2v) is 8.02. The molecule has 4 aromatic rings. The summed E-state index contributed by atoms with van der Waals surface area (Å²) in [5.74, 6) is 0.960. The molecule has 0 aliphatic rings. The van der Waals surface area contributed by atoms with Crippen LogP contribution >= 0.6 is 0 Å². The van der Waals surface area contributed by atoms with Gasteiger partial charge in [0.05, 0.1) is 12.7 Å². The number of anilines is 1. The highest BCUT2D eigenvalue weighted by Gasteiger charge is 2.20. The Kier molecular flexibility index (Phi) is 8.03. The molecule has 0 unspecified atom stereocenters. The van der Waals surface area contributed by atoms with E-state index in [1.165, 1.54) is 11.1 Å². The van der Waals surface area contributed by atoms with E-state index in [1.807, 2.05) is 42.6 Å². The highest BCUT2D eigenvalue weighted by molar-refractivity contribution is 5.94. The number of benzene rings is 2. The molecule has 1 atom stereocenters. The summed E-state index contributed by atoms with van der Waals surface area (Å²) in [5.41, 5.74) is 3.37. The van der Waals surface area contributed by atoms with Gasteiger partial charge in [-0.1, -0.05) is 60.2 Å². The number of hydrogen-bond donors (Lipinski definition) is 2. The minimum atomic E-state index is -0.488. The molecule has 0 aliphatic carbocycles. The van der Waals surface area contributed by atoms with Crippen LogP contribution in [0, 0.1) is 6.92 Å². The van der Waals surface area contributed by atoms with E-state index in [0.717, 1.165) is 12.0 Å². The summed E-state index contributed by atoms with van der Waals surface area (Å²) in [6.07, 6.45) is 6.07. The smallest absolute Gasteiger partial charge is 0.247 e. The number of ether oxygens (including phenoxy) is 1. The Balaban J connectivity index is 1.33. The van der Waals surface area contributed by atoms with Crippen LogP contribution in [0.4, 0.5) is 5.82 Å². The van der Waals surface area contributed by atoms with E-state index in [2.05, 4.69) is 51.9 Å². The lowest BCUT2D eigenvalue weighted by molar-refractivity contribution is -0.118. The molecule has 0 fully saturated rings. The first-order valence-electron chi connectivity index (χ1n) is 11.4. The molecular weight excluding hydrogens is 426 g/mol. The van der Waals surface area contributed by atoms with Gasteiger partial charge in [-0.15, -0.1) is 0 Å². The predicted octanol–water partition coefficient (Wildman–Crippen LogP) is 4.18. The molecule has 2 N–H and O–H groups in total. The maximum absolute atomic E-state index is 13.1. The van der Waals surface area contributed by atoms with Crippen molar-refractivity contribution in [2.75, 3.05) is 18.5 Å². The summed E-state index contributed by atoms with van der Waals surface area (Å²) in [5, 5.41) is 10.5. The van der Waals surface area contributed by atoms with Crippen LogP contribution in [0.1, 0.15) is 22.7 Å². The lowest BCUT2D eigenvalue weighted by Gasteiger charge is -2.19. The fourth-order valence-electron chi connectivity index (χ4n) is 3.55. The Morgan fingerprint density at radius 2 is 1.85 bits per heavy atom. The fourth-order valence-corrected chi connectivity index (χ4v) is 3.55. The van der Waals surface area contributed by atoms with Crippen molar-refractivity contribution < 1.29 is 9.53 Å². The molecule has 0 radical (unpaired) electrons. The van der Waals surface area contributed by atoms with E-state index in [4.69, 9.17) is 4.74 Å². The SMILES string of the molecule is Cc1ccc(CCN[C@@H](C(=O)Nc2ccc(OCCn3cccn3)cn2)c2ccccc2)cc1. The second-order valence-electron chi connectivity index (χ2n) is 8.02. The number of amides is 1. The molecule has 2 heterocycles. The molecule has 34 heavy (non-hydrogen) atoms. The third kappa shape index (κ3) is 6.76. The number of rotatable bonds is 11. The summed E-state index contributed by atoms with van der Waals surface area (Å²) in [6.45, 7) is 3.88. The molecule has 0 spiro atoms. The largest absolute Gasteiger partial charge is 0.490 e. The number of nitrogens with one attached hydrogen (secondary N) is 2. The van der Waals surface area contributed by atoms with Gasteiger partial charge in [0.15, 0.2) is 0 Å². The molecule has 7 nitrogen and oxygen atoms in total. The van der Waals surface area contributed by atoms with Crippen LogP contribution in [0.25, 0.3) is 0 Å². The average Bonchev–Trinajstić information content (AvgIpc) is 3.38. The van der Waals surface area contributed by atoms with Crippen molar-refractivity contribution in [2.45, 2.75) is 25.9 Å². The first-order valence-corrected chi connectivity index (χ1v) is 11.4. The van der Waals surface area contributed by atoms with Crippen LogP contribution in [0.5, 0.6) is 5.75 Å². The lowest BCUT2D eigenvalue weighted by atomic mass is 10.1. The Labute approximate surface area is 199 Å². The molecule has 0 aliphatic heterocycles. The van der Waals surface area contributed by atoms with Crippen LogP contribution < -0.4 is 15.4 Å². The van der Waals surface area contributed by atoms with Gasteiger partial charge in [0.25, 0.3) is 0 Å². The Morgan fingerprint density at radius 1 is 1.03 bits per heavy atom. The third-order valence-electron chi connectivity index (χ3n) is 5.41. The van der Waals surface area contributed by atoms with Crippen LogP contribution in [0.15, 0.2) is 91.4 Å². The normalized spacial score (nSPS) is 11.7. The fraction of sp³-hybridized carbons (Fsp3) is 0.222. The van der Waals surface area contributed by atoms with Gasteiger partial charge < -0.3 is 15.4 Å². The Bertz CT molecular complexity index is 1140. The molecule has 0 saturated carbocycles. The van der Waals surface area contributed by atoms with Crippen molar-refractivity contribution in [1.29, 1.82) is 0 Å². The summed E-state index contributed by atoms with van der Waals surface area (Å²) < 4.78 is 7.51. The number of carbonyl (C=O) groups excluding carboxylic acids is 1. The zero-order valence-electron chi connectivity index (χ0n) is 19.2. The number of hydrogen-bond acceptors (Lipinski definition) is 5. The van der Waals surface area contributed by atoms with E-state index in [9.17, 15) is 4.79 Å². The van der Waals surface area contributed by atoms with Gasteiger partial charge in [0.2, 0.25) is 5.91 Å². The van der Waals surface area contributed by atoms with Crippen LogP contribution in [0.3, 0.4) is 0 Å². The predicted molar refractivity (Wildman–Crippen MR) is 133 cm³/mol. The van der Waals surface area contributed by atoms with E-state index >= 15 is 0 Å². The first-order chi connectivity index (χ1) is 16.7.